The van der Waals surface area contributed by atoms with Crippen LogP contribution >= 0.6 is 0 Å². The van der Waals surface area contributed by atoms with Crippen LogP contribution in [-0.2, 0) is 0 Å². The summed E-state index contributed by atoms with van der Waals surface area (Å²) >= 11 is 0. The molecule has 2 aliphatic rings. The second-order valence-electron chi connectivity index (χ2n) is 5.31. The molecule has 0 aromatic carbocycles. The quantitative estimate of drug-likeness (QED) is 0.532. The Morgan fingerprint density at radius 3 is 2.69 bits per heavy atom. The molecule has 0 N–H and O–H groups in total. The van der Waals surface area contributed by atoms with Gasteiger partial charge in [0.25, 0.3) is 0 Å². The Balaban J connectivity index is 2.10. The van der Waals surface area contributed by atoms with Crippen LogP contribution in [0.25, 0.3) is 0 Å². The molecule has 0 aliphatic heterocycles. The van der Waals surface area contributed by atoms with Crippen LogP contribution < -0.4 is 0 Å². The summed E-state index contributed by atoms with van der Waals surface area (Å²) in [5.41, 5.74) is 1.57. The fourth-order valence-electron chi connectivity index (χ4n) is 3.60. The highest BCUT2D eigenvalue weighted by molar-refractivity contribution is 5.10. The van der Waals surface area contributed by atoms with E-state index in [-0.39, 0.29) is 0 Å². The highest BCUT2D eigenvalue weighted by Gasteiger charge is 2.39. The van der Waals surface area contributed by atoms with Gasteiger partial charge in [0.1, 0.15) is 0 Å². The van der Waals surface area contributed by atoms with Crippen molar-refractivity contribution in [2.75, 3.05) is 0 Å². The first-order valence-corrected chi connectivity index (χ1v) is 5.88. The summed E-state index contributed by atoms with van der Waals surface area (Å²) in [6, 6.07) is 0. The molecule has 0 bridgehead atoms. The van der Waals surface area contributed by atoms with Gasteiger partial charge in [0.05, 0.1) is 0 Å². The Morgan fingerprint density at radius 2 is 2.00 bits per heavy atom. The van der Waals surface area contributed by atoms with E-state index in [1.807, 2.05) is 0 Å². The minimum atomic E-state index is 0.890. The van der Waals surface area contributed by atoms with Gasteiger partial charge in [0, 0.05) is 0 Å². The van der Waals surface area contributed by atoms with Crippen LogP contribution in [0, 0.1) is 23.7 Å². The summed E-state index contributed by atoms with van der Waals surface area (Å²) in [7, 11) is 0. The first-order valence-electron chi connectivity index (χ1n) is 5.88. The average molecular weight is 178 g/mol. The molecule has 0 radical (unpaired) electrons. The molecule has 0 unspecified atom stereocenters. The maximum Gasteiger partial charge on any atom is -0.0175 e. The monoisotopic (exact) mass is 178 g/mol. The van der Waals surface area contributed by atoms with E-state index < -0.39 is 0 Å². The smallest absolute Gasteiger partial charge is 0.0175 e. The SMILES string of the molecule is C=C1CCC[C@@H]2[C@@H](C(C)C)CC[C@@H]12. The molecule has 0 aromatic heterocycles. The number of fused-ring (bicyclic) bond motifs is 1. The summed E-state index contributed by atoms with van der Waals surface area (Å²) < 4.78 is 0. The zero-order chi connectivity index (χ0) is 9.42. The lowest BCUT2D eigenvalue weighted by molar-refractivity contribution is 0.229. The number of rotatable bonds is 1. The molecule has 2 aliphatic carbocycles. The van der Waals surface area contributed by atoms with Crippen LogP contribution in [0.5, 0.6) is 0 Å². The van der Waals surface area contributed by atoms with Gasteiger partial charge in [-0.2, -0.15) is 0 Å². The third-order valence-electron chi connectivity index (χ3n) is 4.29. The highest BCUT2D eigenvalue weighted by atomic mass is 14.4. The lowest BCUT2D eigenvalue weighted by atomic mass is 9.73. The number of allylic oxidation sites excluding steroid dienone is 1. The zero-order valence-corrected chi connectivity index (χ0v) is 9.05. The van der Waals surface area contributed by atoms with E-state index in [0.717, 1.165) is 23.7 Å². The summed E-state index contributed by atoms with van der Waals surface area (Å²) in [6.45, 7) is 9.04. The molecule has 2 saturated carbocycles. The van der Waals surface area contributed by atoms with E-state index in [9.17, 15) is 0 Å². The largest absolute Gasteiger partial charge is 0.0996 e. The normalized spacial score (nSPS) is 39.6. The maximum absolute atomic E-state index is 4.25. The van der Waals surface area contributed by atoms with Crippen molar-refractivity contribution < 1.29 is 0 Å². The Bertz CT molecular complexity index is 202. The molecule has 0 heterocycles. The Morgan fingerprint density at radius 1 is 1.23 bits per heavy atom. The molecule has 74 valence electrons. The van der Waals surface area contributed by atoms with Gasteiger partial charge < -0.3 is 0 Å². The molecule has 2 rings (SSSR count). The zero-order valence-electron chi connectivity index (χ0n) is 9.05. The average Bonchev–Trinajstić information content (AvgIpc) is 2.48. The standard InChI is InChI=1S/C13H22/c1-9(2)11-7-8-12-10(3)5-4-6-13(11)12/h9,11-13H,3-8H2,1-2H3/t11-,12+,13-/m1/s1. The predicted octanol–water partition coefficient (Wildman–Crippen LogP) is 4.02. The second kappa shape index (κ2) is 3.48. The van der Waals surface area contributed by atoms with Crippen molar-refractivity contribution in [1.82, 2.24) is 0 Å². The Hall–Kier alpha value is -0.260. The van der Waals surface area contributed by atoms with E-state index in [2.05, 4.69) is 20.4 Å². The number of hydrogen-bond acceptors (Lipinski definition) is 0. The van der Waals surface area contributed by atoms with E-state index in [1.54, 1.807) is 5.57 Å². The number of hydrogen-bond donors (Lipinski definition) is 0. The molecule has 13 heavy (non-hydrogen) atoms. The van der Waals surface area contributed by atoms with Crippen LogP contribution in [0.3, 0.4) is 0 Å². The lowest BCUT2D eigenvalue weighted by Gasteiger charge is -2.32. The van der Waals surface area contributed by atoms with Gasteiger partial charge >= 0.3 is 0 Å². The minimum Gasteiger partial charge on any atom is -0.0996 e. The van der Waals surface area contributed by atoms with Gasteiger partial charge in [-0.05, 0) is 55.8 Å². The molecular weight excluding hydrogens is 156 g/mol. The van der Waals surface area contributed by atoms with E-state index in [4.69, 9.17) is 0 Å². The summed E-state index contributed by atoms with van der Waals surface area (Å²) in [5.74, 6) is 3.80. The van der Waals surface area contributed by atoms with Crippen LogP contribution in [0.15, 0.2) is 12.2 Å². The second-order valence-corrected chi connectivity index (χ2v) is 5.31. The minimum absolute atomic E-state index is 0.890. The molecule has 0 heteroatoms. The molecular formula is C13H22. The molecule has 2 fully saturated rings. The molecule has 0 nitrogen and oxygen atoms in total. The maximum atomic E-state index is 4.25. The van der Waals surface area contributed by atoms with Crippen molar-refractivity contribution in [3.63, 3.8) is 0 Å². The van der Waals surface area contributed by atoms with Crippen molar-refractivity contribution in [2.24, 2.45) is 23.7 Å². The van der Waals surface area contributed by atoms with E-state index in [0.29, 0.717) is 0 Å². The summed E-state index contributed by atoms with van der Waals surface area (Å²) in [6.07, 6.45) is 7.10. The summed E-state index contributed by atoms with van der Waals surface area (Å²) in [5, 5.41) is 0. The van der Waals surface area contributed by atoms with Gasteiger partial charge in [-0.15, -0.1) is 0 Å². The fraction of sp³-hybridized carbons (Fsp3) is 0.846. The van der Waals surface area contributed by atoms with Gasteiger partial charge in [0.2, 0.25) is 0 Å². The van der Waals surface area contributed by atoms with E-state index >= 15 is 0 Å². The van der Waals surface area contributed by atoms with Crippen LogP contribution in [0.4, 0.5) is 0 Å². The third-order valence-corrected chi connectivity index (χ3v) is 4.29. The van der Waals surface area contributed by atoms with Crippen molar-refractivity contribution in [3.8, 4) is 0 Å². The van der Waals surface area contributed by atoms with Gasteiger partial charge in [-0.1, -0.05) is 26.0 Å². The van der Waals surface area contributed by atoms with Crippen molar-refractivity contribution in [3.05, 3.63) is 12.2 Å². The predicted molar refractivity (Wildman–Crippen MR) is 57.5 cm³/mol. The highest BCUT2D eigenvalue weighted by Crippen LogP contribution is 2.50. The molecule has 0 amide bonds. The molecule has 3 atom stereocenters. The lowest BCUT2D eigenvalue weighted by Crippen LogP contribution is -2.23. The molecule has 0 spiro atoms. The van der Waals surface area contributed by atoms with Crippen LogP contribution in [0.1, 0.15) is 46.0 Å². The van der Waals surface area contributed by atoms with Crippen molar-refractivity contribution in [2.45, 2.75) is 46.0 Å². The first kappa shape index (κ1) is 9.30. The van der Waals surface area contributed by atoms with Crippen molar-refractivity contribution in [1.29, 1.82) is 0 Å². The molecule has 0 saturated heterocycles. The van der Waals surface area contributed by atoms with Gasteiger partial charge in [0.15, 0.2) is 0 Å². The van der Waals surface area contributed by atoms with Gasteiger partial charge in [-0.25, -0.2) is 0 Å². The Labute approximate surface area is 82.4 Å². The van der Waals surface area contributed by atoms with Crippen LogP contribution in [-0.4, -0.2) is 0 Å². The topological polar surface area (TPSA) is 0 Å². The summed E-state index contributed by atoms with van der Waals surface area (Å²) in [4.78, 5) is 0. The fourth-order valence-corrected chi connectivity index (χ4v) is 3.60. The van der Waals surface area contributed by atoms with Crippen molar-refractivity contribution >= 4 is 0 Å². The van der Waals surface area contributed by atoms with Crippen LogP contribution in [0.2, 0.25) is 0 Å². The molecule has 0 aromatic rings. The van der Waals surface area contributed by atoms with E-state index in [1.165, 1.54) is 32.1 Å². The van der Waals surface area contributed by atoms with Gasteiger partial charge in [-0.3, -0.25) is 0 Å². The third kappa shape index (κ3) is 1.56. The Kier molecular flexibility index (Phi) is 2.49. The first-order chi connectivity index (χ1) is 6.20.